The van der Waals surface area contributed by atoms with Crippen molar-refractivity contribution in [2.75, 3.05) is 0 Å². The van der Waals surface area contributed by atoms with Crippen LogP contribution in [-0.4, -0.2) is 14.8 Å². The minimum absolute atomic E-state index is 0.682. The molecule has 0 bridgehead atoms. The van der Waals surface area contributed by atoms with Gasteiger partial charge in [-0.2, -0.15) is 5.26 Å². The number of nitrogens with zero attached hydrogens (tertiary/aromatic N) is 4. The fourth-order valence-corrected chi connectivity index (χ4v) is 3.01. The summed E-state index contributed by atoms with van der Waals surface area (Å²) in [6, 6.07) is 19.8. The molecule has 0 radical (unpaired) electrons. The smallest absolute Gasteiger partial charge is 0.191 e. The van der Waals surface area contributed by atoms with Crippen molar-refractivity contribution in [1.82, 2.24) is 14.8 Å². The van der Waals surface area contributed by atoms with E-state index in [0.717, 1.165) is 27.9 Å². The van der Waals surface area contributed by atoms with E-state index < -0.39 is 0 Å². The van der Waals surface area contributed by atoms with Crippen molar-refractivity contribution >= 4 is 11.8 Å². The highest BCUT2D eigenvalue weighted by Crippen LogP contribution is 2.25. The number of thioether (sulfide) groups is 1. The molecule has 5 heteroatoms. The van der Waals surface area contributed by atoms with Crippen LogP contribution >= 0.6 is 11.8 Å². The van der Waals surface area contributed by atoms with Crippen LogP contribution in [0.4, 0.5) is 0 Å². The van der Waals surface area contributed by atoms with Crippen LogP contribution in [0.15, 0.2) is 59.8 Å². The molecule has 4 nitrogen and oxygen atoms in total. The normalized spacial score (nSPS) is 10.4. The summed E-state index contributed by atoms with van der Waals surface area (Å²) < 4.78 is 1.99. The molecule has 108 valence electrons. The summed E-state index contributed by atoms with van der Waals surface area (Å²) in [6.07, 6.45) is 0. The topological polar surface area (TPSA) is 54.5 Å². The lowest BCUT2D eigenvalue weighted by Gasteiger charge is -2.04. The molecule has 1 aromatic heterocycles. The Morgan fingerprint density at radius 3 is 2.68 bits per heavy atom. The SMILES string of the molecule is Cn1c(SCc2cccc(C#N)c2)nnc1-c1ccccc1. The van der Waals surface area contributed by atoms with Crippen molar-refractivity contribution < 1.29 is 0 Å². The second-order valence-corrected chi connectivity index (χ2v) is 5.77. The minimum Gasteiger partial charge on any atom is -0.305 e. The molecule has 3 aromatic rings. The summed E-state index contributed by atoms with van der Waals surface area (Å²) in [4.78, 5) is 0. The highest BCUT2D eigenvalue weighted by Gasteiger charge is 2.11. The first-order chi connectivity index (χ1) is 10.8. The molecule has 0 aliphatic rings. The number of hydrogen-bond acceptors (Lipinski definition) is 4. The molecule has 1 heterocycles. The highest BCUT2D eigenvalue weighted by molar-refractivity contribution is 7.98. The maximum atomic E-state index is 8.94. The summed E-state index contributed by atoms with van der Waals surface area (Å²) in [7, 11) is 1.97. The molecule has 0 amide bonds. The second-order valence-electron chi connectivity index (χ2n) is 4.83. The number of hydrogen-bond donors (Lipinski definition) is 0. The number of benzene rings is 2. The van der Waals surface area contributed by atoms with E-state index in [1.807, 2.05) is 66.2 Å². The summed E-state index contributed by atoms with van der Waals surface area (Å²) in [6.45, 7) is 0. The van der Waals surface area contributed by atoms with Crippen LogP contribution in [0.25, 0.3) is 11.4 Å². The zero-order valence-electron chi connectivity index (χ0n) is 12.1. The summed E-state index contributed by atoms with van der Waals surface area (Å²) >= 11 is 1.61. The molecule has 2 aromatic carbocycles. The van der Waals surface area contributed by atoms with Gasteiger partial charge < -0.3 is 4.57 Å². The standard InChI is InChI=1S/C17H14N4S/c1-21-16(15-8-3-2-4-9-15)19-20-17(21)22-12-14-7-5-6-13(10-14)11-18/h2-10H,12H2,1H3. The molecule has 0 spiro atoms. The first-order valence-corrected chi connectivity index (χ1v) is 7.83. The zero-order chi connectivity index (χ0) is 15.4. The van der Waals surface area contributed by atoms with Gasteiger partial charge in [-0.25, -0.2) is 0 Å². The van der Waals surface area contributed by atoms with Gasteiger partial charge in [-0.05, 0) is 17.7 Å². The average molecular weight is 306 g/mol. The quantitative estimate of drug-likeness (QED) is 0.690. The third-order valence-corrected chi connectivity index (χ3v) is 4.38. The Bertz CT molecular complexity index is 818. The summed E-state index contributed by atoms with van der Waals surface area (Å²) in [5.74, 6) is 1.62. The van der Waals surface area contributed by atoms with Gasteiger partial charge in [0.15, 0.2) is 11.0 Å². The summed E-state index contributed by atoms with van der Waals surface area (Å²) in [5, 5.41) is 18.3. The lowest BCUT2D eigenvalue weighted by atomic mass is 10.2. The van der Waals surface area contributed by atoms with Crippen molar-refractivity contribution in [1.29, 1.82) is 5.26 Å². The van der Waals surface area contributed by atoms with Crippen LogP contribution in [0.3, 0.4) is 0 Å². The zero-order valence-corrected chi connectivity index (χ0v) is 12.9. The van der Waals surface area contributed by atoms with Gasteiger partial charge >= 0.3 is 0 Å². The Morgan fingerprint density at radius 1 is 1.09 bits per heavy atom. The fraction of sp³-hybridized carbons (Fsp3) is 0.118. The lowest BCUT2D eigenvalue weighted by molar-refractivity contribution is 0.794. The Hall–Kier alpha value is -2.58. The Labute approximate surface area is 133 Å². The third-order valence-electron chi connectivity index (χ3n) is 3.29. The molecule has 0 aliphatic carbocycles. The fourth-order valence-electron chi connectivity index (χ4n) is 2.16. The van der Waals surface area contributed by atoms with Crippen LogP contribution in [0.2, 0.25) is 0 Å². The molecule has 0 unspecified atom stereocenters. The molecule has 22 heavy (non-hydrogen) atoms. The van der Waals surface area contributed by atoms with Crippen molar-refractivity contribution in [3.8, 4) is 17.5 Å². The maximum Gasteiger partial charge on any atom is 0.191 e. The number of nitriles is 1. The Balaban J connectivity index is 1.77. The van der Waals surface area contributed by atoms with Gasteiger partial charge in [0.1, 0.15) is 0 Å². The van der Waals surface area contributed by atoms with E-state index in [9.17, 15) is 0 Å². The van der Waals surface area contributed by atoms with Crippen molar-refractivity contribution in [3.63, 3.8) is 0 Å². The Kier molecular flexibility index (Phi) is 4.22. The lowest BCUT2D eigenvalue weighted by Crippen LogP contribution is -1.95. The van der Waals surface area contributed by atoms with Gasteiger partial charge in [0.05, 0.1) is 11.6 Å². The first-order valence-electron chi connectivity index (χ1n) is 6.84. The van der Waals surface area contributed by atoms with Crippen LogP contribution in [0.1, 0.15) is 11.1 Å². The number of rotatable bonds is 4. The second kappa shape index (κ2) is 6.46. The molecule has 0 saturated carbocycles. The molecule has 3 rings (SSSR count). The minimum atomic E-state index is 0.682. The molecular formula is C17H14N4S. The van der Waals surface area contributed by atoms with E-state index in [1.165, 1.54) is 0 Å². The van der Waals surface area contributed by atoms with E-state index in [-0.39, 0.29) is 0 Å². The van der Waals surface area contributed by atoms with Crippen molar-refractivity contribution in [3.05, 3.63) is 65.7 Å². The van der Waals surface area contributed by atoms with Gasteiger partial charge in [0.2, 0.25) is 0 Å². The van der Waals surface area contributed by atoms with Gasteiger partial charge in [0.25, 0.3) is 0 Å². The molecule has 0 fully saturated rings. The highest BCUT2D eigenvalue weighted by atomic mass is 32.2. The largest absolute Gasteiger partial charge is 0.305 e. The van der Waals surface area contributed by atoms with E-state index in [0.29, 0.717) is 5.56 Å². The van der Waals surface area contributed by atoms with Gasteiger partial charge in [-0.1, -0.05) is 54.2 Å². The van der Waals surface area contributed by atoms with E-state index >= 15 is 0 Å². The van der Waals surface area contributed by atoms with Crippen LogP contribution in [-0.2, 0) is 12.8 Å². The van der Waals surface area contributed by atoms with E-state index in [4.69, 9.17) is 5.26 Å². The van der Waals surface area contributed by atoms with Crippen molar-refractivity contribution in [2.24, 2.45) is 7.05 Å². The van der Waals surface area contributed by atoms with Gasteiger partial charge in [-0.3, -0.25) is 0 Å². The predicted molar refractivity (Wildman–Crippen MR) is 87.2 cm³/mol. The van der Waals surface area contributed by atoms with E-state index in [2.05, 4.69) is 16.3 Å². The average Bonchev–Trinajstić information content (AvgIpc) is 2.95. The van der Waals surface area contributed by atoms with Crippen LogP contribution in [0, 0.1) is 11.3 Å². The van der Waals surface area contributed by atoms with Crippen LogP contribution < -0.4 is 0 Å². The molecule has 0 aliphatic heterocycles. The van der Waals surface area contributed by atoms with Gasteiger partial charge in [0, 0.05) is 18.4 Å². The predicted octanol–water partition coefficient (Wildman–Crippen LogP) is 3.65. The van der Waals surface area contributed by atoms with Crippen LogP contribution in [0.5, 0.6) is 0 Å². The Morgan fingerprint density at radius 2 is 1.91 bits per heavy atom. The van der Waals surface area contributed by atoms with E-state index in [1.54, 1.807) is 11.8 Å². The summed E-state index contributed by atoms with van der Waals surface area (Å²) in [5.41, 5.74) is 2.84. The third kappa shape index (κ3) is 3.02. The molecule has 0 N–H and O–H groups in total. The van der Waals surface area contributed by atoms with Gasteiger partial charge in [-0.15, -0.1) is 10.2 Å². The molecular weight excluding hydrogens is 292 g/mol. The molecule has 0 atom stereocenters. The maximum absolute atomic E-state index is 8.94. The first kappa shape index (κ1) is 14.4. The molecule has 0 saturated heterocycles. The monoisotopic (exact) mass is 306 g/mol. The number of aromatic nitrogens is 3. The van der Waals surface area contributed by atoms with Crippen molar-refractivity contribution in [2.45, 2.75) is 10.9 Å².